The SMILES string of the molecule is COc1ccc2c(Oc3ccc(S(=N)(=O)NC(C)c4ccnn4C)cc3)ccnc2c1. The fourth-order valence-corrected chi connectivity index (χ4v) is 4.60. The van der Waals surface area contributed by atoms with Crippen molar-refractivity contribution in [3.8, 4) is 17.2 Å². The Balaban J connectivity index is 1.53. The van der Waals surface area contributed by atoms with Crippen molar-refractivity contribution >= 4 is 20.8 Å². The first-order valence-electron chi connectivity index (χ1n) is 9.62. The molecule has 2 atom stereocenters. The summed E-state index contributed by atoms with van der Waals surface area (Å²) in [7, 11) is 0.216. The second-order valence-electron chi connectivity index (χ2n) is 7.04. The highest BCUT2D eigenvalue weighted by atomic mass is 32.2. The first-order chi connectivity index (χ1) is 14.9. The van der Waals surface area contributed by atoms with E-state index in [4.69, 9.17) is 14.3 Å². The lowest BCUT2D eigenvalue weighted by molar-refractivity contribution is 0.415. The van der Waals surface area contributed by atoms with Crippen molar-refractivity contribution in [1.29, 1.82) is 4.78 Å². The third kappa shape index (κ3) is 4.37. The summed E-state index contributed by atoms with van der Waals surface area (Å²) in [5.41, 5.74) is 1.61. The molecule has 0 amide bonds. The molecule has 160 valence electrons. The first kappa shape index (κ1) is 20.8. The number of hydrogen-bond acceptors (Lipinski definition) is 6. The summed E-state index contributed by atoms with van der Waals surface area (Å²) in [5, 5.41) is 4.97. The molecule has 0 radical (unpaired) electrons. The smallest absolute Gasteiger partial charge is 0.138 e. The summed E-state index contributed by atoms with van der Waals surface area (Å²) < 4.78 is 37.2. The normalized spacial score (nSPS) is 14.2. The van der Waals surface area contributed by atoms with Crippen molar-refractivity contribution in [3.63, 3.8) is 0 Å². The van der Waals surface area contributed by atoms with E-state index in [9.17, 15) is 4.21 Å². The molecule has 0 bridgehead atoms. The molecule has 0 aliphatic heterocycles. The number of aryl methyl sites for hydroxylation is 1. The molecular weight excluding hydrogens is 414 g/mol. The standard InChI is InChI=1S/C22H23N5O3S/c1-15(21-10-13-25-27(21)2)26-31(23,28)18-7-4-16(5-8-18)30-22-11-12-24-20-14-17(29-3)6-9-19(20)22/h4-15H,1-3H3,(H2,23,26,28). The molecule has 0 saturated heterocycles. The Morgan fingerprint density at radius 3 is 2.48 bits per heavy atom. The van der Waals surface area contributed by atoms with Crippen LogP contribution >= 0.6 is 0 Å². The molecular formula is C22H23N5O3S. The molecule has 2 N–H and O–H groups in total. The molecule has 4 aromatic rings. The summed E-state index contributed by atoms with van der Waals surface area (Å²) in [6.07, 6.45) is 3.34. The van der Waals surface area contributed by atoms with Crippen LogP contribution in [-0.2, 0) is 17.0 Å². The van der Waals surface area contributed by atoms with Gasteiger partial charge >= 0.3 is 0 Å². The number of rotatable bonds is 7. The van der Waals surface area contributed by atoms with Gasteiger partial charge in [-0.05, 0) is 55.5 Å². The van der Waals surface area contributed by atoms with Crippen LogP contribution in [0, 0.1) is 4.78 Å². The van der Waals surface area contributed by atoms with Crippen LogP contribution in [0.2, 0.25) is 0 Å². The molecule has 0 fully saturated rings. The molecule has 0 aliphatic rings. The number of hydrogen-bond donors (Lipinski definition) is 2. The van der Waals surface area contributed by atoms with Gasteiger partial charge in [0, 0.05) is 30.9 Å². The van der Waals surface area contributed by atoms with Crippen molar-refractivity contribution < 1.29 is 13.7 Å². The lowest BCUT2D eigenvalue weighted by atomic mass is 10.2. The third-order valence-electron chi connectivity index (χ3n) is 4.94. The number of methoxy groups -OCH3 is 1. The van der Waals surface area contributed by atoms with Crippen LogP contribution < -0.4 is 14.2 Å². The predicted molar refractivity (Wildman–Crippen MR) is 119 cm³/mol. The van der Waals surface area contributed by atoms with Crippen LogP contribution in [0.1, 0.15) is 18.7 Å². The van der Waals surface area contributed by atoms with E-state index in [0.29, 0.717) is 16.4 Å². The van der Waals surface area contributed by atoms with Gasteiger partial charge in [-0.25, -0.2) is 13.7 Å². The second-order valence-corrected chi connectivity index (χ2v) is 8.86. The molecule has 2 unspecified atom stereocenters. The van der Waals surface area contributed by atoms with E-state index in [-0.39, 0.29) is 6.04 Å². The molecule has 2 heterocycles. The maximum absolute atomic E-state index is 13.0. The zero-order valence-corrected chi connectivity index (χ0v) is 18.2. The van der Waals surface area contributed by atoms with Crippen molar-refractivity contribution in [1.82, 2.24) is 19.5 Å². The molecule has 31 heavy (non-hydrogen) atoms. The Morgan fingerprint density at radius 2 is 1.81 bits per heavy atom. The summed E-state index contributed by atoms with van der Waals surface area (Å²) in [6.45, 7) is 1.85. The molecule has 9 heteroatoms. The van der Waals surface area contributed by atoms with Crippen LogP contribution in [0.25, 0.3) is 10.9 Å². The third-order valence-corrected chi connectivity index (χ3v) is 6.56. The highest BCUT2D eigenvalue weighted by Crippen LogP contribution is 2.31. The van der Waals surface area contributed by atoms with Gasteiger partial charge in [-0.2, -0.15) is 5.10 Å². The highest BCUT2D eigenvalue weighted by Gasteiger charge is 2.17. The Labute approximate surface area is 180 Å². The molecule has 4 rings (SSSR count). The maximum atomic E-state index is 13.0. The maximum Gasteiger partial charge on any atom is 0.138 e. The summed E-state index contributed by atoms with van der Waals surface area (Å²) in [6, 6.07) is 15.6. The van der Waals surface area contributed by atoms with Gasteiger partial charge in [0.1, 0.15) is 27.2 Å². The van der Waals surface area contributed by atoms with Crippen molar-refractivity contribution in [2.45, 2.75) is 17.9 Å². The largest absolute Gasteiger partial charge is 0.497 e. The van der Waals surface area contributed by atoms with E-state index in [2.05, 4.69) is 14.8 Å². The number of ether oxygens (including phenoxy) is 2. The second kappa shape index (κ2) is 8.37. The lowest BCUT2D eigenvalue weighted by Crippen LogP contribution is -2.27. The quantitative estimate of drug-likeness (QED) is 0.445. The van der Waals surface area contributed by atoms with Gasteiger partial charge in [-0.3, -0.25) is 9.67 Å². The molecule has 2 aromatic carbocycles. The topological polar surface area (TPSA) is 102 Å². The Bertz CT molecular complexity index is 1320. The van der Waals surface area contributed by atoms with Gasteiger partial charge in [0.2, 0.25) is 0 Å². The molecule has 0 saturated carbocycles. The van der Waals surface area contributed by atoms with Crippen LogP contribution in [0.15, 0.2) is 71.9 Å². The van der Waals surface area contributed by atoms with E-state index in [1.807, 2.05) is 38.2 Å². The first-order valence-corrected chi connectivity index (χ1v) is 11.2. The molecule has 2 aromatic heterocycles. The van der Waals surface area contributed by atoms with Gasteiger partial charge < -0.3 is 9.47 Å². The highest BCUT2D eigenvalue weighted by molar-refractivity contribution is 7.90. The van der Waals surface area contributed by atoms with Crippen molar-refractivity contribution in [3.05, 3.63) is 72.7 Å². The van der Waals surface area contributed by atoms with Crippen LogP contribution in [0.5, 0.6) is 17.2 Å². The van der Waals surface area contributed by atoms with Gasteiger partial charge in [0.25, 0.3) is 0 Å². The van der Waals surface area contributed by atoms with Crippen molar-refractivity contribution in [2.75, 3.05) is 7.11 Å². The monoisotopic (exact) mass is 437 g/mol. The Kier molecular flexibility index (Phi) is 5.62. The summed E-state index contributed by atoms with van der Waals surface area (Å²) in [5.74, 6) is 1.94. The average molecular weight is 438 g/mol. The molecule has 0 spiro atoms. The lowest BCUT2D eigenvalue weighted by Gasteiger charge is -2.17. The van der Waals surface area contributed by atoms with E-state index in [1.54, 1.807) is 54.5 Å². The zero-order chi connectivity index (χ0) is 22.0. The fraction of sp³-hybridized carbons (Fsp3) is 0.182. The fourth-order valence-electron chi connectivity index (χ4n) is 3.33. The minimum absolute atomic E-state index is 0.298. The van der Waals surface area contributed by atoms with Gasteiger partial charge in [-0.15, -0.1) is 0 Å². The minimum atomic E-state index is -3.20. The number of fused-ring (bicyclic) bond motifs is 1. The van der Waals surface area contributed by atoms with E-state index in [1.165, 1.54) is 0 Å². The van der Waals surface area contributed by atoms with E-state index >= 15 is 0 Å². The van der Waals surface area contributed by atoms with Crippen molar-refractivity contribution in [2.24, 2.45) is 7.05 Å². The Hall–Kier alpha value is -3.43. The van der Waals surface area contributed by atoms with Gasteiger partial charge in [-0.1, -0.05) is 0 Å². The van der Waals surface area contributed by atoms with Gasteiger partial charge in [0.05, 0.1) is 29.3 Å². The minimum Gasteiger partial charge on any atom is -0.497 e. The number of pyridine rings is 1. The number of aromatic nitrogens is 3. The summed E-state index contributed by atoms with van der Waals surface area (Å²) >= 11 is 0. The zero-order valence-electron chi connectivity index (χ0n) is 17.4. The Morgan fingerprint density at radius 1 is 1.06 bits per heavy atom. The summed E-state index contributed by atoms with van der Waals surface area (Å²) in [4.78, 5) is 4.73. The van der Waals surface area contributed by atoms with Gasteiger partial charge in [0.15, 0.2) is 0 Å². The van der Waals surface area contributed by atoms with E-state index < -0.39 is 9.92 Å². The molecule has 0 aliphatic carbocycles. The average Bonchev–Trinajstić information content (AvgIpc) is 3.20. The number of benzene rings is 2. The number of nitrogens with one attached hydrogen (secondary N) is 2. The van der Waals surface area contributed by atoms with Crippen LogP contribution in [0.3, 0.4) is 0 Å². The molecule has 8 nitrogen and oxygen atoms in total. The number of nitrogens with zero attached hydrogens (tertiary/aromatic N) is 3. The van der Waals surface area contributed by atoms with E-state index in [0.717, 1.165) is 22.3 Å². The predicted octanol–water partition coefficient (Wildman–Crippen LogP) is 4.44. The van der Waals surface area contributed by atoms with Crippen LogP contribution in [-0.4, -0.2) is 26.1 Å². The van der Waals surface area contributed by atoms with Crippen LogP contribution in [0.4, 0.5) is 0 Å².